The van der Waals surface area contributed by atoms with Gasteiger partial charge in [0.1, 0.15) is 0 Å². The highest BCUT2D eigenvalue weighted by Gasteiger charge is 2.54. The summed E-state index contributed by atoms with van der Waals surface area (Å²) in [5.74, 6) is 0. The smallest absolute Gasteiger partial charge is 0.263 e. The van der Waals surface area contributed by atoms with Crippen molar-refractivity contribution in [2.75, 3.05) is 6.66 Å². The lowest BCUT2D eigenvalue weighted by atomic mass is 10.1. The van der Waals surface area contributed by atoms with Crippen molar-refractivity contribution >= 4 is 15.0 Å². The molecule has 0 fully saturated rings. The minimum absolute atomic E-state index is 0.704. The van der Waals surface area contributed by atoms with Crippen molar-refractivity contribution in [1.29, 1.82) is 0 Å². The molecular formula is C12H21NO6P2. The molecule has 21 heavy (non-hydrogen) atoms. The average molecular weight is 337 g/mol. The number of nitrogens with zero attached hydrogens (tertiary/aromatic N) is 1. The average Bonchev–Trinajstić information content (AvgIpc) is 2.34. The van der Waals surface area contributed by atoms with Crippen LogP contribution in [0.2, 0.25) is 0 Å². The van der Waals surface area contributed by atoms with Gasteiger partial charge in [-0.2, -0.15) is 0 Å². The molecular weight excluding hydrogens is 316 g/mol. The van der Waals surface area contributed by atoms with Crippen LogP contribution in [0.3, 0.4) is 0 Å². The fourth-order valence-electron chi connectivity index (χ4n) is 1.90. The van der Waals surface area contributed by atoms with Gasteiger partial charge in [0.25, 0.3) is 5.08 Å². The number of unbranched alkanes of at least 4 members (excludes halogenated alkanes) is 1. The van der Waals surface area contributed by atoms with E-state index in [1.165, 1.54) is 10.8 Å². The van der Waals surface area contributed by atoms with Gasteiger partial charge in [0, 0.05) is 18.3 Å². The van der Waals surface area contributed by atoms with E-state index in [2.05, 4.69) is 0 Å². The fourth-order valence-corrected chi connectivity index (χ4v) is 4.55. The largest absolute Gasteiger partial charge is 0.776 e. The van der Waals surface area contributed by atoms with Crippen molar-refractivity contribution in [3.8, 4) is 0 Å². The van der Waals surface area contributed by atoms with Gasteiger partial charge in [0.05, 0.1) is 0 Å². The molecule has 3 atom stereocenters. The monoisotopic (exact) mass is 337 g/mol. The van der Waals surface area contributed by atoms with E-state index in [0.29, 0.717) is 6.66 Å². The summed E-state index contributed by atoms with van der Waals surface area (Å²) in [5.41, 5.74) is 0.907. The Balaban J connectivity index is 3.12. The van der Waals surface area contributed by atoms with Crippen LogP contribution in [-0.4, -0.2) is 26.6 Å². The van der Waals surface area contributed by atoms with E-state index < -0.39 is 26.6 Å². The Morgan fingerprint density at radius 1 is 1.38 bits per heavy atom. The first kappa shape index (κ1) is 18.5. The number of hydrogen-bond donors (Lipinski definition) is 3. The molecule has 1 rings (SSSR count). The van der Waals surface area contributed by atoms with E-state index in [-0.39, 0.29) is 0 Å². The lowest BCUT2D eigenvalue weighted by Crippen LogP contribution is -2.49. The van der Waals surface area contributed by atoms with Crippen molar-refractivity contribution in [2.45, 2.75) is 37.8 Å². The second-order valence-corrected chi connectivity index (χ2v) is 9.79. The first-order valence-electron chi connectivity index (χ1n) is 6.56. The molecule has 0 aliphatic carbocycles. The molecule has 7 nitrogen and oxygen atoms in total. The van der Waals surface area contributed by atoms with Gasteiger partial charge in [-0.25, -0.2) is 4.57 Å². The zero-order chi connectivity index (χ0) is 16.3. The summed E-state index contributed by atoms with van der Waals surface area (Å²) in [4.78, 5) is 30.0. The first-order valence-corrected chi connectivity index (χ1v) is 10.2. The lowest BCUT2D eigenvalue weighted by molar-refractivity contribution is -0.704. The first-order chi connectivity index (χ1) is 9.51. The van der Waals surface area contributed by atoms with Crippen LogP contribution in [-0.2, 0) is 22.1 Å². The molecule has 0 bridgehead atoms. The van der Waals surface area contributed by atoms with Crippen LogP contribution in [0.4, 0.5) is 0 Å². The number of aromatic nitrogens is 1. The molecule has 0 aromatic carbocycles. The summed E-state index contributed by atoms with van der Waals surface area (Å²) in [5, 5.41) is 6.94. The third kappa shape index (κ3) is 4.46. The number of rotatable bonds is 7. The summed E-state index contributed by atoms with van der Waals surface area (Å²) < 4.78 is 24.3. The van der Waals surface area contributed by atoms with Gasteiger partial charge in [-0.05, 0) is 18.9 Å². The lowest BCUT2D eigenvalue weighted by Gasteiger charge is -2.35. The van der Waals surface area contributed by atoms with Crippen LogP contribution in [0.15, 0.2) is 24.5 Å². The molecule has 3 unspecified atom stereocenters. The van der Waals surface area contributed by atoms with Gasteiger partial charge in [-0.1, -0.05) is 13.3 Å². The number of pyridine rings is 1. The standard InChI is InChI=1S/C12H21NO6P2/c1-3-4-6-11-7-5-8-13(9-11)10-12(14,20(2,15)16)21(17,18)19/h5,7-9,14H,3-4,6,10H2,1-2H3,(H2-,15,16,17,18,19). The number of aliphatic hydroxyl groups is 1. The molecule has 1 aromatic rings. The van der Waals surface area contributed by atoms with E-state index in [9.17, 15) is 24.0 Å². The van der Waals surface area contributed by atoms with Crippen LogP contribution < -0.4 is 9.46 Å². The van der Waals surface area contributed by atoms with E-state index in [4.69, 9.17) is 4.89 Å². The molecule has 0 spiro atoms. The maximum absolute atomic E-state index is 11.7. The summed E-state index contributed by atoms with van der Waals surface area (Å²) >= 11 is 0. The van der Waals surface area contributed by atoms with Gasteiger partial charge >= 0.3 is 0 Å². The van der Waals surface area contributed by atoms with Gasteiger partial charge in [-0.3, -0.25) is 4.57 Å². The Morgan fingerprint density at radius 3 is 2.48 bits per heavy atom. The molecule has 0 saturated heterocycles. The van der Waals surface area contributed by atoms with Crippen LogP contribution in [0.25, 0.3) is 0 Å². The van der Waals surface area contributed by atoms with Crippen LogP contribution in [0.5, 0.6) is 0 Å². The second kappa shape index (κ2) is 6.69. The summed E-state index contributed by atoms with van der Waals surface area (Å²) in [6, 6.07) is 3.49. The Bertz CT molecular complexity index is 557. The Kier molecular flexibility index (Phi) is 5.90. The number of hydrogen-bond acceptors (Lipinski definition) is 4. The van der Waals surface area contributed by atoms with Crippen LogP contribution in [0.1, 0.15) is 25.3 Å². The summed E-state index contributed by atoms with van der Waals surface area (Å²) in [6.45, 7) is 2.03. The molecule has 0 aliphatic heterocycles. The molecule has 1 aromatic heterocycles. The van der Waals surface area contributed by atoms with Gasteiger partial charge in [0.2, 0.25) is 7.37 Å². The molecule has 0 radical (unpaired) electrons. The Labute approximate surface area is 123 Å². The normalized spacial score (nSPS) is 20.3. The molecule has 9 heteroatoms. The Hall–Kier alpha value is -0.550. The summed E-state index contributed by atoms with van der Waals surface area (Å²) in [6.07, 6.45) is 5.76. The van der Waals surface area contributed by atoms with Crippen LogP contribution >= 0.6 is 15.0 Å². The second-order valence-electron chi connectivity index (χ2n) is 5.16. The third-order valence-electron chi connectivity index (χ3n) is 3.25. The molecule has 0 aliphatic rings. The SMILES string of the molecule is CCCCc1ccc[n+](CC(O)(P(C)(=O)O)P(=O)([O-])O)c1. The maximum atomic E-state index is 11.7. The van der Waals surface area contributed by atoms with E-state index in [1.54, 1.807) is 12.3 Å². The van der Waals surface area contributed by atoms with Gasteiger partial charge < -0.3 is 24.4 Å². The maximum Gasteiger partial charge on any atom is 0.263 e. The predicted octanol–water partition coefficient (Wildman–Crippen LogP) is 0.409. The quantitative estimate of drug-likeness (QED) is 0.489. The highest BCUT2D eigenvalue weighted by Crippen LogP contribution is 2.65. The summed E-state index contributed by atoms with van der Waals surface area (Å²) in [7, 11) is -9.94. The van der Waals surface area contributed by atoms with E-state index in [1.807, 2.05) is 13.0 Å². The highest BCUT2D eigenvalue weighted by atomic mass is 31.2. The molecule has 120 valence electrons. The highest BCUT2D eigenvalue weighted by molar-refractivity contribution is 7.74. The molecule has 3 N–H and O–H groups in total. The van der Waals surface area contributed by atoms with E-state index >= 15 is 0 Å². The topological polar surface area (TPSA) is 122 Å². The van der Waals surface area contributed by atoms with Crippen molar-refractivity contribution in [3.63, 3.8) is 0 Å². The minimum Gasteiger partial charge on any atom is -0.776 e. The minimum atomic E-state index is -5.44. The zero-order valence-electron chi connectivity index (χ0n) is 12.0. The van der Waals surface area contributed by atoms with Crippen molar-refractivity contribution < 1.29 is 33.5 Å². The molecule has 0 amide bonds. The van der Waals surface area contributed by atoms with Crippen molar-refractivity contribution in [1.82, 2.24) is 0 Å². The van der Waals surface area contributed by atoms with Gasteiger partial charge in [-0.15, -0.1) is 0 Å². The van der Waals surface area contributed by atoms with E-state index in [0.717, 1.165) is 24.8 Å². The molecule has 0 saturated carbocycles. The van der Waals surface area contributed by atoms with Gasteiger partial charge in [0.15, 0.2) is 26.5 Å². The molecule has 1 heterocycles. The number of aryl methyl sites for hydroxylation is 1. The fraction of sp³-hybridized carbons (Fsp3) is 0.583. The van der Waals surface area contributed by atoms with Crippen molar-refractivity contribution in [3.05, 3.63) is 30.1 Å². The third-order valence-corrected chi connectivity index (χ3v) is 7.64. The predicted molar refractivity (Wildman–Crippen MR) is 75.8 cm³/mol. The van der Waals surface area contributed by atoms with Crippen LogP contribution in [0, 0.1) is 0 Å². The zero-order valence-corrected chi connectivity index (χ0v) is 13.8. The van der Waals surface area contributed by atoms with Crippen molar-refractivity contribution in [2.24, 2.45) is 0 Å². The Morgan fingerprint density at radius 2 is 2.00 bits per heavy atom.